The quantitative estimate of drug-likeness (QED) is 0.664. The van der Waals surface area contributed by atoms with Crippen LogP contribution in [0.2, 0.25) is 0 Å². The number of amides is 1. The second-order valence-corrected chi connectivity index (χ2v) is 9.33. The SMILES string of the molecule is COc1ccc(C(=O)N(C)Cc2ccc(SC)cc2)cc1S(=O)(=O)NC1CC1. The number of carbonyl (C=O) groups is 1. The molecule has 0 saturated heterocycles. The molecule has 0 radical (unpaired) electrons. The third-order valence-electron chi connectivity index (χ3n) is 4.52. The van der Waals surface area contributed by atoms with E-state index in [1.165, 1.54) is 19.2 Å². The fraction of sp³-hybridized carbons (Fsp3) is 0.350. The molecular formula is C20H24N2O4S2. The van der Waals surface area contributed by atoms with Gasteiger partial charge in [0.25, 0.3) is 5.91 Å². The van der Waals surface area contributed by atoms with Crippen molar-refractivity contribution in [3.05, 3.63) is 53.6 Å². The summed E-state index contributed by atoms with van der Waals surface area (Å²) in [5.74, 6) is -0.0283. The van der Waals surface area contributed by atoms with Crippen molar-refractivity contribution >= 4 is 27.7 Å². The first kappa shape index (κ1) is 20.7. The van der Waals surface area contributed by atoms with Crippen LogP contribution in [0, 0.1) is 0 Å². The molecule has 0 aliphatic heterocycles. The molecular weight excluding hydrogens is 396 g/mol. The molecule has 2 aromatic carbocycles. The molecule has 1 fully saturated rings. The van der Waals surface area contributed by atoms with Gasteiger partial charge in [0.15, 0.2) is 0 Å². The number of nitrogens with one attached hydrogen (secondary N) is 1. The molecule has 150 valence electrons. The molecule has 1 N–H and O–H groups in total. The number of rotatable bonds is 8. The van der Waals surface area contributed by atoms with E-state index in [0.717, 1.165) is 23.3 Å². The van der Waals surface area contributed by atoms with E-state index in [2.05, 4.69) is 4.72 Å². The molecule has 1 amide bonds. The van der Waals surface area contributed by atoms with Crippen LogP contribution in [0.25, 0.3) is 0 Å². The summed E-state index contributed by atoms with van der Waals surface area (Å²) < 4.78 is 33.1. The highest BCUT2D eigenvalue weighted by Gasteiger charge is 2.30. The Morgan fingerprint density at radius 2 is 1.89 bits per heavy atom. The van der Waals surface area contributed by atoms with Gasteiger partial charge in [0.05, 0.1) is 7.11 Å². The second-order valence-electron chi connectivity index (χ2n) is 6.77. The number of methoxy groups -OCH3 is 1. The lowest BCUT2D eigenvalue weighted by molar-refractivity contribution is 0.0785. The van der Waals surface area contributed by atoms with Gasteiger partial charge in [0, 0.05) is 30.1 Å². The minimum atomic E-state index is -3.74. The Kier molecular flexibility index (Phi) is 6.32. The maximum Gasteiger partial charge on any atom is 0.253 e. The first-order valence-corrected chi connectivity index (χ1v) is 11.6. The zero-order valence-corrected chi connectivity index (χ0v) is 17.8. The molecule has 28 heavy (non-hydrogen) atoms. The van der Waals surface area contributed by atoms with Crippen molar-refractivity contribution in [1.82, 2.24) is 9.62 Å². The number of sulfonamides is 1. The maximum absolute atomic E-state index is 12.9. The van der Waals surface area contributed by atoms with Crippen molar-refractivity contribution in [3.63, 3.8) is 0 Å². The maximum atomic E-state index is 12.9. The second kappa shape index (κ2) is 8.55. The largest absolute Gasteiger partial charge is 0.495 e. The molecule has 1 saturated carbocycles. The van der Waals surface area contributed by atoms with E-state index in [1.807, 2.05) is 30.5 Å². The highest BCUT2D eigenvalue weighted by atomic mass is 32.2. The van der Waals surface area contributed by atoms with E-state index >= 15 is 0 Å². The smallest absolute Gasteiger partial charge is 0.253 e. The summed E-state index contributed by atoms with van der Waals surface area (Å²) in [4.78, 5) is 15.6. The van der Waals surface area contributed by atoms with Gasteiger partial charge in [-0.2, -0.15) is 0 Å². The Bertz CT molecular complexity index is 955. The fourth-order valence-corrected chi connectivity index (χ4v) is 4.71. The van der Waals surface area contributed by atoms with Gasteiger partial charge in [-0.15, -0.1) is 11.8 Å². The van der Waals surface area contributed by atoms with Gasteiger partial charge in [-0.1, -0.05) is 12.1 Å². The standard InChI is InChI=1S/C20H24N2O4S2/c1-22(13-14-4-9-17(27-3)10-5-14)20(23)15-6-11-18(26-2)19(12-15)28(24,25)21-16-7-8-16/h4-6,9-12,16,21H,7-8,13H2,1-3H3. The summed E-state index contributed by atoms with van der Waals surface area (Å²) in [5.41, 5.74) is 1.31. The topological polar surface area (TPSA) is 75.7 Å². The first-order chi connectivity index (χ1) is 13.3. The molecule has 0 aromatic heterocycles. The average Bonchev–Trinajstić information content (AvgIpc) is 3.50. The van der Waals surface area contributed by atoms with Gasteiger partial charge >= 0.3 is 0 Å². The zero-order chi connectivity index (χ0) is 20.3. The van der Waals surface area contributed by atoms with Crippen LogP contribution in [0.4, 0.5) is 0 Å². The van der Waals surface area contributed by atoms with Crippen LogP contribution >= 0.6 is 11.8 Å². The van der Waals surface area contributed by atoms with Crippen molar-refractivity contribution in [2.75, 3.05) is 20.4 Å². The van der Waals surface area contributed by atoms with Gasteiger partial charge in [0.1, 0.15) is 10.6 Å². The molecule has 1 aliphatic rings. The number of hydrogen-bond donors (Lipinski definition) is 1. The van der Waals surface area contributed by atoms with Gasteiger partial charge in [-0.3, -0.25) is 4.79 Å². The van der Waals surface area contributed by atoms with Gasteiger partial charge in [-0.05, 0) is 55.0 Å². The molecule has 0 spiro atoms. The zero-order valence-electron chi connectivity index (χ0n) is 16.1. The average molecular weight is 421 g/mol. The number of thioether (sulfide) groups is 1. The van der Waals surface area contributed by atoms with Crippen LogP contribution in [0.1, 0.15) is 28.8 Å². The van der Waals surface area contributed by atoms with Crippen LogP contribution in [-0.2, 0) is 16.6 Å². The Morgan fingerprint density at radius 1 is 1.21 bits per heavy atom. The Hall–Kier alpha value is -2.03. The minimum absolute atomic E-state index is 0.00882. The predicted molar refractivity (Wildman–Crippen MR) is 110 cm³/mol. The Balaban J connectivity index is 1.81. The fourth-order valence-electron chi connectivity index (χ4n) is 2.80. The number of nitrogens with zero attached hydrogens (tertiary/aromatic N) is 1. The van der Waals surface area contributed by atoms with Crippen LogP contribution < -0.4 is 9.46 Å². The summed E-state index contributed by atoms with van der Waals surface area (Å²) in [5, 5.41) is 0. The normalized spacial score (nSPS) is 14.0. The highest BCUT2D eigenvalue weighted by molar-refractivity contribution is 7.98. The summed E-state index contributed by atoms with van der Waals surface area (Å²) in [6, 6.07) is 12.5. The molecule has 6 nitrogen and oxygen atoms in total. The van der Waals surface area contributed by atoms with E-state index in [9.17, 15) is 13.2 Å². The Morgan fingerprint density at radius 3 is 2.46 bits per heavy atom. The Labute approximate surface area is 170 Å². The molecule has 2 aromatic rings. The summed E-state index contributed by atoms with van der Waals surface area (Å²) >= 11 is 1.66. The molecule has 3 rings (SSSR count). The first-order valence-electron chi connectivity index (χ1n) is 8.93. The van der Waals surface area contributed by atoms with E-state index in [4.69, 9.17) is 4.74 Å². The van der Waals surface area contributed by atoms with Crippen LogP contribution in [0.15, 0.2) is 52.3 Å². The lowest BCUT2D eigenvalue weighted by Crippen LogP contribution is -2.28. The van der Waals surface area contributed by atoms with Gasteiger partial charge in [0.2, 0.25) is 10.0 Å². The highest BCUT2D eigenvalue weighted by Crippen LogP contribution is 2.28. The molecule has 0 atom stereocenters. The summed E-state index contributed by atoms with van der Waals surface area (Å²) in [6.45, 7) is 0.432. The number of carbonyl (C=O) groups excluding carboxylic acids is 1. The van der Waals surface area contributed by atoms with E-state index in [1.54, 1.807) is 29.8 Å². The van der Waals surface area contributed by atoms with Crippen LogP contribution in [-0.4, -0.2) is 45.7 Å². The number of hydrogen-bond acceptors (Lipinski definition) is 5. The van der Waals surface area contributed by atoms with Crippen LogP contribution in [0.3, 0.4) is 0 Å². The van der Waals surface area contributed by atoms with E-state index < -0.39 is 10.0 Å². The number of benzene rings is 2. The van der Waals surface area contributed by atoms with Crippen molar-refractivity contribution in [1.29, 1.82) is 0 Å². The van der Waals surface area contributed by atoms with Crippen molar-refractivity contribution in [2.45, 2.75) is 35.2 Å². The van der Waals surface area contributed by atoms with E-state index in [-0.39, 0.29) is 22.6 Å². The minimum Gasteiger partial charge on any atom is -0.495 e. The van der Waals surface area contributed by atoms with Crippen molar-refractivity contribution < 1.29 is 17.9 Å². The van der Waals surface area contributed by atoms with Crippen molar-refractivity contribution in [2.24, 2.45) is 0 Å². The van der Waals surface area contributed by atoms with Gasteiger partial charge < -0.3 is 9.64 Å². The summed E-state index contributed by atoms with van der Waals surface area (Å²) in [7, 11) is -0.622. The molecule has 0 bridgehead atoms. The lowest BCUT2D eigenvalue weighted by Gasteiger charge is -2.19. The predicted octanol–water partition coefficient (Wildman–Crippen LogP) is 3.13. The van der Waals surface area contributed by atoms with Gasteiger partial charge in [-0.25, -0.2) is 13.1 Å². The third kappa shape index (κ3) is 4.87. The monoisotopic (exact) mass is 420 g/mol. The van der Waals surface area contributed by atoms with Crippen molar-refractivity contribution in [3.8, 4) is 5.75 Å². The molecule has 0 unspecified atom stereocenters. The lowest BCUT2D eigenvalue weighted by atomic mass is 10.1. The molecule has 1 aliphatic carbocycles. The number of ether oxygens (including phenoxy) is 1. The third-order valence-corrected chi connectivity index (χ3v) is 6.81. The van der Waals surface area contributed by atoms with Crippen LogP contribution in [0.5, 0.6) is 5.75 Å². The molecule has 8 heteroatoms. The molecule has 0 heterocycles. The summed E-state index contributed by atoms with van der Waals surface area (Å²) in [6.07, 6.45) is 3.68. The van der Waals surface area contributed by atoms with E-state index in [0.29, 0.717) is 12.1 Å².